The van der Waals surface area contributed by atoms with Gasteiger partial charge in [-0.1, -0.05) is 58.2 Å². The quantitative estimate of drug-likeness (QED) is 0.651. The fraction of sp³-hybridized carbons (Fsp3) is 0.632. The molecule has 0 saturated heterocycles. The molecule has 0 aliphatic heterocycles. The fourth-order valence-corrected chi connectivity index (χ4v) is 3.71. The van der Waals surface area contributed by atoms with Gasteiger partial charge in [0, 0.05) is 6.54 Å². The van der Waals surface area contributed by atoms with Crippen LogP contribution in [-0.4, -0.2) is 33.7 Å². The third kappa shape index (κ3) is 7.06. The number of hydrogen-bond acceptors (Lipinski definition) is 3. The molecule has 0 aliphatic carbocycles. The van der Waals surface area contributed by atoms with Crippen molar-refractivity contribution in [3.8, 4) is 0 Å². The molecule has 0 unspecified atom stereocenters. The zero-order valence-corrected chi connectivity index (χ0v) is 16.7. The van der Waals surface area contributed by atoms with E-state index in [2.05, 4.69) is 19.2 Å². The van der Waals surface area contributed by atoms with Gasteiger partial charge in [0.2, 0.25) is 15.9 Å². The zero-order chi connectivity index (χ0) is 18.9. The minimum absolute atomic E-state index is 0.180. The van der Waals surface area contributed by atoms with Crippen LogP contribution in [0.2, 0.25) is 0 Å². The van der Waals surface area contributed by atoms with E-state index in [-0.39, 0.29) is 12.5 Å². The Bertz CT molecular complexity index is 644. The number of nitrogens with zero attached hydrogens (tertiary/aromatic N) is 1. The lowest BCUT2D eigenvalue weighted by Gasteiger charge is -2.24. The van der Waals surface area contributed by atoms with Gasteiger partial charge in [0.1, 0.15) is 6.54 Å². The topological polar surface area (TPSA) is 66.5 Å². The number of aryl methyl sites for hydroxylation is 1. The van der Waals surface area contributed by atoms with Crippen LogP contribution >= 0.6 is 0 Å². The van der Waals surface area contributed by atoms with Crippen LogP contribution < -0.4 is 9.62 Å². The Morgan fingerprint density at radius 2 is 1.88 bits per heavy atom. The molecule has 0 radical (unpaired) electrons. The highest BCUT2D eigenvalue weighted by molar-refractivity contribution is 7.92. The number of hydrogen-bond donors (Lipinski definition) is 1. The summed E-state index contributed by atoms with van der Waals surface area (Å²) in [5, 5.41) is 2.91. The first-order valence-electron chi connectivity index (χ1n) is 9.15. The molecule has 6 heteroatoms. The lowest BCUT2D eigenvalue weighted by atomic mass is 9.99. The van der Waals surface area contributed by atoms with Gasteiger partial charge in [-0.2, -0.15) is 0 Å². The Labute approximate surface area is 152 Å². The van der Waals surface area contributed by atoms with Gasteiger partial charge in [-0.15, -0.1) is 0 Å². The minimum Gasteiger partial charge on any atom is -0.354 e. The smallest absolute Gasteiger partial charge is 0.240 e. The third-order valence-corrected chi connectivity index (χ3v) is 5.59. The molecule has 0 aliphatic rings. The van der Waals surface area contributed by atoms with Gasteiger partial charge in [-0.05, 0) is 30.4 Å². The second kappa shape index (κ2) is 10.4. The van der Waals surface area contributed by atoms with Crippen molar-refractivity contribution in [3.05, 3.63) is 29.8 Å². The van der Waals surface area contributed by atoms with Gasteiger partial charge in [0.15, 0.2) is 0 Å². The average Bonchev–Trinajstić information content (AvgIpc) is 2.59. The van der Waals surface area contributed by atoms with Gasteiger partial charge >= 0.3 is 0 Å². The van der Waals surface area contributed by atoms with Crippen molar-refractivity contribution in [2.24, 2.45) is 5.92 Å². The van der Waals surface area contributed by atoms with Crippen molar-refractivity contribution >= 4 is 21.6 Å². The van der Waals surface area contributed by atoms with Gasteiger partial charge in [0.25, 0.3) is 0 Å². The fourth-order valence-electron chi connectivity index (χ4n) is 2.82. The molecule has 0 heterocycles. The molecule has 1 aromatic carbocycles. The van der Waals surface area contributed by atoms with Crippen LogP contribution in [0.1, 0.15) is 52.0 Å². The normalized spacial score (nSPS) is 12.6. The largest absolute Gasteiger partial charge is 0.354 e. The number of sulfonamides is 1. The highest BCUT2D eigenvalue weighted by atomic mass is 32.2. The van der Waals surface area contributed by atoms with Crippen LogP contribution in [0.25, 0.3) is 0 Å². The Morgan fingerprint density at radius 1 is 1.20 bits per heavy atom. The molecule has 142 valence electrons. The van der Waals surface area contributed by atoms with E-state index >= 15 is 0 Å². The number of benzene rings is 1. The second-order valence-electron chi connectivity index (χ2n) is 6.47. The predicted octanol–water partition coefficient (Wildman–Crippen LogP) is 3.35. The van der Waals surface area contributed by atoms with Crippen molar-refractivity contribution in [1.29, 1.82) is 0 Å². The number of amides is 1. The minimum atomic E-state index is -3.53. The van der Waals surface area contributed by atoms with Crippen molar-refractivity contribution in [2.75, 3.05) is 23.7 Å². The maximum atomic E-state index is 12.4. The predicted molar refractivity (Wildman–Crippen MR) is 104 cm³/mol. The number of carbonyl (C=O) groups excluding carboxylic acids is 1. The Morgan fingerprint density at radius 3 is 2.44 bits per heavy atom. The Balaban J connectivity index is 2.81. The molecule has 0 saturated carbocycles. The Hall–Kier alpha value is -1.56. The molecule has 5 nitrogen and oxygen atoms in total. The maximum absolute atomic E-state index is 12.4. The van der Waals surface area contributed by atoms with E-state index in [1.54, 1.807) is 12.1 Å². The summed E-state index contributed by atoms with van der Waals surface area (Å²) in [7, 11) is -3.53. The summed E-state index contributed by atoms with van der Waals surface area (Å²) in [6, 6.07) is 7.32. The summed E-state index contributed by atoms with van der Waals surface area (Å²) >= 11 is 0. The summed E-state index contributed by atoms with van der Waals surface area (Å²) in [5.41, 5.74) is 1.50. The van der Waals surface area contributed by atoms with Gasteiger partial charge in [-0.25, -0.2) is 8.42 Å². The lowest BCUT2D eigenvalue weighted by Crippen LogP contribution is -2.42. The van der Waals surface area contributed by atoms with Crippen LogP contribution in [0.5, 0.6) is 0 Å². The molecule has 1 rings (SSSR count). The standard InChI is InChI=1S/C19H32N2O3S/c1-5-8-11-16(6-2)14-20-19(22)15-21(25(4,23)24)18-13-10-9-12-17(18)7-3/h9-10,12-13,16H,5-8,11,14-15H2,1-4H3,(H,20,22)/t16-/m0/s1. The summed E-state index contributed by atoms with van der Waals surface area (Å²) in [5.74, 6) is 0.185. The molecule has 1 N–H and O–H groups in total. The number of anilines is 1. The van der Waals surface area contributed by atoms with E-state index in [0.717, 1.165) is 37.5 Å². The van der Waals surface area contributed by atoms with Crippen LogP contribution in [0, 0.1) is 5.92 Å². The first-order valence-corrected chi connectivity index (χ1v) is 11.0. The lowest BCUT2D eigenvalue weighted by molar-refractivity contribution is -0.119. The summed E-state index contributed by atoms with van der Waals surface area (Å²) in [4.78, 5) is 12.4. The van der Waals surface area contributed by atoms with E-state index in [4.69, 9.17) is 0 Å². The number of carbonyl (C=O) groups is 1. The highest BCUT2D eigenvalue weighted by Gasteiger charge is 2.22. The number of rotatable bonds is 11. The van der Waals surface area contributed by atoms with Crippen molar-refractivity contribution < 1.29 is 13.2 Å². The monoisotopic (exact) mass is 368 g/mol. The maximum Gasteiger partial charge on any atom is 0.240 e. The summed E-state index contributed by atoms with van der Waals surface area (Å²) < 4.78 is 25.6. The molecule has 1 atom stereocenters. The van der Waals surface area contributed by atoms with E-state index in [0.29, 0.717) is 24.6 Å². The van der Waals surface area contributed by atoms with Crippen molar-refractivity contribution in [2.45, 2.75) is 52.9 Å². The van der Waals surface area contributed by atoms with Crippen LogP contribution in [0.15, 0.2) is 24.3 Å². The first-order chi connectivity index (χ1) is 11.8. The summed E-state index contributed by atoms with van der Waals surface area (Å²) in [6.07, 6.45) is 6.23. The van der Waals surface area contributed by atoms with Crippen LogP contribution in [0.3, 0.4) is 0 Å². The number of para-hydroxylation sites is 1. The second-order valence-corrected chi connectivity index (χ2v) is 8.38. The molecule has 0 aromatic heterocycles. The van der Waals surface area contributed by atoms with E-state index in [1.165, 1.54) is 4.31 Å². The zero-order valence-electron chi connectivity index (χ0n) is 15.9. The summed E-state index contributed by atoms with van der Waals surface area (Å²) in [6.45, 7) is 6.66. The first kappa shape index (κ1) is 21.5. The van der Waals surface area contributed by atoms with E-state index < -0.39 is 10.0 Å². The van der Waals surface area contributed by atoms with Crippen LogP contribution in [0.4, 0.5) is 5.69 Å². The van der Waals surface area contributed by atoms with Gasteiger partial charge in [-0.3, -0.25) is 9.10 Å². The van der Waals surface area contributed by atoms with Gasteiger partial charge < -0.3 is 5.32 Å². The third-order valence-electron chi connectivity index (χ3n) is 4.46. The number of nitrogens with one attached hydrogen (secondary N) is 1. The van der Waals surface area contributed by atoms with Crippen molar-refractivity contribution in [1.82, 2.24) is 5.32 Å². The highest BCUT2D eigenvalue weighted by Crippen LogP contribution is 2.23. The van der Waals surface area contributed by atoms with Crippen LogP contribution in [-0.2, 0) is 21.2 Å². The van der Waals surface area contributed by atoms with Crippen molar-refractivity contribution in [3.63, 3.8) is 0 Å². The molecule has 1 aromatic rings. The number of unbranched alkanes of at least 4 members (excludes halogenated alkanes) is 1. The molecule has 25 heavy (non-hydrogen) atoms. The van der Waals surface area contributed by atoms with E-state index in [9.17, 15) is 13.2 Å². The van der Waals surface area contributed by atoms with Gasteiger partial charge in [0.05, 0.1) is 11.9 Å². The SMILES string of the molecule is CCCC[C@H](CC)CNC(=O)CN(c1ccccc1CC)S(C)(=O)=O. The molecular formula is C19H32N2O3S. The molecule has 0 fully saturated rings. The molecule has 1 amide bonds. The van der Waals surface area contributed by atoms with E-state index in [1.807, 2.05) is 19.1 Å². The average molecular weight is 369 g/mol. The molecule has 0 bridgehead atoms. The molecule has 0 spiro atoms. The Kier molecular flexibility index (Phi) is 8.97. The molecular weight excluding hydrogens is 336 g/mol.